The minimum Gasteiger partial charge on any atom is -0.451 e. The van der Waals surface area contributed by atoms with E-state index in [1.807, 2.05) is 25.1 Å². The molecule has 100 valence electrons. The fourth-order valence-corrected chi connectivity index (χ4v) is 2.50. The summed E-state index contributed by atoms with van der Waals surface area (Å²) >= 11 is 0. The number of nitrogens with one attached hydrogen (secondary N) is 1. The van der Waals surface area contributed by atoms with E-state index in [2.05, 4.69) is 5.32 Å². The average molecular weight is 259 g/mol. The lowest BCUT2D eigenvalue weighted by molar-refractivity contribution is 0.0621. The predicted octanol–water partition coefficient (Wildman–Crippen LogP) is 2.39. The molecule has 4 heteroatoms. The monoisotopic (exact) mass is 259 g/mol. The number of aliphatic hydroxyl groups excluding tert-OH is 1. The van der Waals surface area contributed by atoms with Gasteiger partial charge in [-0.15, -0.1) is 0 Å². The van der Waals surface area contributed by atoms with E-state index in [0.29, 0.717) is 11.3 Å². The largest absolute Gasteiger partial charge is 0.451 e. The molecule has 0 radical (unpaired) electrons. The number of aliphatic hydroxyl groups is 1. The van der Waals surface area contributed by atoms with Gasteiger partial charge in [0.2, 0.25) is 0 Å². The van der Waals surface area contributed by atoms with Gasteiger partial charge in [-0.05, 0) is 44.4 Å². The second kappa shape index (κ2) is 4.38. The molecule has 0 unspecified atom stereocenters. The maximum Gasteiger partial charge on any atom is 0.287 e. The van der Waals surface area contributed by atoms with Crippen molar-refractivity contribution in [2.45, 2.75) is 31.7 Å². The van der Waals surface area contributed by atoms with Crippen molar-refractivity contribution >= 4 is 16.9 Å². The van der Waals surface area contributed by atoms with E-state index in [1.165, 1.54) is 0 Å². The number of rotatable bonds is 3. The van der Waals surface area contributed by atoms with Crippen LogP contribution >= 0.6 is 0 Å². The lowest BCUT2D eigenvalue weighted by Gasteiger charge is -2.40. The topological polar surface area (TPSA) is 62.5 Å². The van der Waals surface area contributed by atoms with Gasteiger partial charge < -0.3 is 14.8 Å². The molecule has 1 heterocycles. The third kappa shape index (κ3) is 2.12. The zero-order valence-electron chi connectivity index (χ0n) is 10.9. The Morgan fingerprint density at radius 3 is 2.84 bits per heavy atom. The van der Waals surface area contributed by atoms with Crippen molar-refractivity contribution in [2.75, 3.05) is 6.61 Å². The Morgan fingerprint density at radius 1 is 1.42 bits per heavy atom. The van der Waals surface area contributed by atoms with E-state index in [9.17, 15) is 9.90 Å². The van der Waals surface area contributed by atoms with Crippen molar-refractivity contribution in [1.29, 1.82) is 0 Å². The Hall–Kier alpha value is -1.81. The van der Waals surface area contributed by atoms with Crippen LogP contribution in [0.4, 0.5) is 0 Å². The Morgan fingerprint density at radius 2 is 2.21 bits per heavy atom. The van der Waals surface area contributed by atoms with Gasteiger partial charge in [0, 0.05) is 5.39 Å². The summed E-state index contributed by atoms with van der Waals surface area (Å²) in [4.78, 5) is 12.2. The van der Waals surface area contributed by atoms with Gasteiger partial charge in [0.15, 0.2) is 5.76 Å². The molecular weight excluding hydrogens is 242 g/mol. The van der Waals surface area contributed by atoms with Crippen molar-refractivity contribution in [1.82, 2.24) is 5.32 Å². The molecule has 0 saturated heterocycles. The molecule has 1 aromatic heterocycles. The number of amides is 1. The lowest BCUT2D eigenvalue weighted by Crippen LogP contribution is -2.56. The van der Waals surface area contributed by atoms with E-state index in [4.69, 9.17) is 4.42 Å². The third-order valence-corrected chi connectivity index (χ3v) is 3.89. The summed E-state index contributed by atoms with van der Waals surface area (Å²) in [6, 6.07) is 7.56. The van der Waals surface area contributed by atoms with E-state index < -0.39 is 5.54 Å². The number of hydrogen-bond donors (Lipinski definition) is 2. The van der Waals surface area contributed by atoms with Gasteiger partial charge in [0.25, 0.3) is 5.91 Å². The Labute approximate surface area is 111 Å². The van der Waals surface area contributed by atoms with E-state index in [-0.39, 0.29) is 12.5 Å². The molecule has 3 rings (SSSR count). The number of fused-ring (bicyclic) bond motifs is 1. The molecule has 4 nitrogen and oxygen atoms in total. The highest BCUT2D eigenvalue weighted by Gasteiger charge is 2.38. The average Bonchev–Trinajstić information content (AvgIpc) is 2.76. The lowest BCUT2D eigenvalue weighted by atomic mass is 9.77. The minimum atomic E-state index is -0.439. The van der Waals surface area contributed by atoms with Crippen LogP contribution in [-0.2, 0) is 0 Å². The molecule has 1 amide bonds. The summed E-state index contributed by atoms with van der Waals surface area (Å²) < 4.78 is 5.55. The molecule has 19 heavy (non-hydrogen) atoms. The first kappa shape index (κ1) is 12.2. The third-order valence-electron chi connectivity index (χ3n) is 3.89. The van der Waals surface area contributed by atoms with Gasteiger partial charge in [-0.25, -0.2) is 0 Å². The molecular formula is C15H17NO3. The molecule has 1 aliphatic carbocycles. The van der Waals surface area contributed by atoms with Gasteiger partial charge in [-0.3, -0.25) is 4.79 Å². The predicted molar refractivity (Wildman–Crippen MR) is 72.1 cm³/mol. The van der Waals surface area contributed by atoms with Crippen LogP contribution in [0.5, 0.6) is 0 Å². The van der Waals surface area contributed by atoms with E-state index in [1.54, 1.807) is 6.07 Å². The Bertz CT molecular complexity index is 620. The Balaban J connectivity index is 1.85. The summed E-state index contributed by atoms with van der Waals surface area (Å²) in [5.74, 6) is 0.0583. The van der Waals surface area contributed by atoms with Crippen molar-refractivity contribution in [3.63, 3.8) is 0 Å². The maximum absolute atomic E-state index is 12.2. The fourth-order valence-electron chi connectivity index (χ4n) is 2.50. The maximum atomic E-state index is 12.2. The SMILES string of the molecule is Cc1ccc2oc(C(=O)NC3(CO)CCC3)cc2c1. The molecule has 1 aromatic carbocycles. The molecule has 0 atom stereocenters. The standard InChI is InChI=1S/C15H17NO3/c1-10-3-4-12-11(7-10)8-13(19-12)14(18)16-15(9-17)5-2-6-15/h3-4,7-8,17H,2,5-6,9H2,1H3,(H,16,18). The van der Waals surface area contributed by atoms with Crippen molar-refractivity contribution in [2.24, 2.45) is 0 Å². The molecule has 0 spiro atoms. The van der Waals surface area contributed by atoms with Crippen molar-refractivity contribution in [3.05, 3.63) is 35.6 Å². The van der Waals surface area contributed by atoms with Crippen LogP contribution in [0, 0.1) is 6.92 Å². The van der Waals surface area contributed by atoms with Gasteiger partial charge in [0.05, 0.1) is 12.1 Å². The first-order valence-corrected chi connectivity index (χ1v) is 6.55. The summed E-state index contributed by atoms with van der Waals surface area (Å²) in [6.45, 7) is 1.99. The summed E-state index contributed by atoms with van der Waals surface area (Å²) in [6.07, 6.45) is 2.70. The number of benzene rings is 1. The second-order valence-electron chi connectivity index (χ2n) is 5.40. The number of aryl methyl sites for hydroxylation is 1. The molecule has 1 saturated carbocycles. The van der Waals surface area contributed by atoms with Crippen molar-refractivity contribution in [3.8, 4) is 0 Å². The molecule has 2 aromatic rings. The quantitative estimate of drug-likeness (QED) is 0.889. The Kier molecular flexibility index (Phi) is 2.82. The highest BCUT2D eigenvalue weighted by Crippen LogP contribution is 2.32. The molecule has 0 aliphatic heterocycles. The van der Waals surface area contributed by atoms with Gasteiger partial charge in [-0.1, -0.05) is 11.6 Å². The normalized spacial score (nSPS) is 17.2. The van der Waals surface area contributed by atoms with E-state index in [0.717, 1.165) is 30.2 Å². The highest BCUT2D eigenvalue weighted by atomic mass is 16.3. The zero-order chi connectivity index (χ0) is 13.5. The highest BCUT2D eigenvalue weighted by molar-refractivity contribution is 5.96. The summed E-state index contributed by atoms with van der Waals surface area (Å²) in [7, 11) is 0. The van der Waals surface area contributed by atoms with Crippen LogP contribution in [0.25, 0.3) is 11.0 Å². The molecule has 2 N–H and O–H groups in total. The molecule has 1 aliphatic rings. The van der Waals surface area contributed by atoms with Gasteiger partial charge in [0.1, 0.15) is 5.58 Å². The fraction of sp³-hybridized carbons (Fsp3) is 0.400. The zero-order valence-corrected chi connectivity index (χ0v) is 10.9. The first-order chi connectivity index (χ1) is 9.12. The summed E-state index contributed by atoms with van der Waals surface area (Å²) in [5.41, 5.74) is 1.40. The minimum absolute atomic E-state index is 0.0158. The number of hydrogen-bond acceptors (Lipinski definition) is 3. The van der Waals surface area contributed by atoms with Crippen LogP contribution in [0.3, 0.4) is 0 Å². The first-order valence-electron chi connectivity index (χ1n) is 6.55. The van der Waals surface area contributed by atoms with Crippen LogP contribution < -0.4 is 5.32 Å². The van der Waals surface area contributed by atoms with Crippen LogP contribution in [0.2, 0.25) is 0 Å². The second-order valence-corrected chi connectivity index (χ2v) is 5.40. The summed E-state index contributed by atoms with van der Waals surface area (Å²) in [5, 5.41) is 13.2. The smallest absolute Gasteiger partial charge is 0.287 e. The van der Waals surface area contributed by atoms with Crippen LogP contribution in [0.1, 0.15) is 35.4 Å². The molecule has 1 fully saturated rings. The van der Waals surface area contributed by atoms with Gasteiger partial charge in [-0.2, -0.15) is 0 Å². The molecule has 0 bridgehead atoms. The number of carbonyl (C=O) groups is 1. The number of furan rings is 1. The van der Waals surface area contributed by atoms with E-state index >= 15 is 0 Å². The van der Waals surface area contributed by atoms with Gasteiger partial charge >= 0.3 is 0 Å². The number of carbonyl (C=O) groups excluding carboxylic acids is 1. The van der Waals surface area contributed by atoms with Crippen LogP contribution in [-0.4, -0.2) is 23.2 Å². The van der Waals surface area contributed by atoms with Crippen molar-refractivity contribution < 1.29 is 14.3 Å². The van der Waals surface area contributed by atoms with Crippen LogP contribution in [0.15, 0.2) is 28.7 Å².